The maximum Gasteiger partial charge on any atom is 0.356 e. The number of hydrogen-bond acceptors (Lipinski definition) is 6. The average molecular weight is 515 g/mol. The zero-order chi connectivity index (χ0) is 23.5. The lowest BCUT2D eigenvalue weighted by molar-refractivity contribution is -0.117. The van der Waals surface area contributed by atoms with Gasteiger partial charge >= 0.3 is 5.97 Å². The third-order valence-corrected chi connectivity index (χ3v) is 6.37. The molecule has 1 saturated heterocycles. The van der Waals surface area contributed by atoms with E-state index in [9.17, 15) is 9.59 Å². The van der Waals surface area contributed by atoms with Crippen molar-refractivity contribution >= 4 is 50.1 Å². The predicted octanol–water partition coefficient (Wildman–Crippen LogP) is 3.87. The highest BCUT2D eigenvalue weighted by molar-refractivity contribution is 9.10. The highest BCUT2D eigenvalue weighted by Gasteiger charge is 2.27. The molecule has 0 spiro atoms. The number of halogens is 1. The van der Waals surface area contributed by atoms with Crippen LogP contribution in [-0.4, -0.2) is 68.2 Å². The van der Waals surface area contributed by atoms with Crippen molar-refractivity contribution in [1.82, 2.24) is 9.88 Å². The number of fused-ring (bicyclic) bond motifs is 1. The van der Waals surface area contributed by atoms with Gasteiger partial charge in [0, 0.05) is 52.8 Å². The van der Waals surface area contributed by atoms with E-state index >= 15 is 0 Å². The normalized spacial score (nSPS) is 16.6. The van der Waals surface area contributed by atoms with E-state index < -0.39 is 5.97 Å². The van der Waals surface area contributed by atoms with Gasteiger partial charge in [0.2, 0.25) is 5.91 Å². The molecule has 8 nitrogen and oxygen atoms in total. The van der Waals surface area contributed by atoms with Crippen LogP contribution >= 0.6 is 15.9 Å². The Kier molecular flexibility index (Phi) is 6.90. The highest BCUT2D eigenvalue weighted by atomic mass is 79.9. The molecule has 2 aromatic carbocycles. The number of ether oxygens (including phenoxy) is 2. The summed E-state index contributed by atoms with van der Waals surface area (Å²) in [5.74, 6) is 0.120. The number of methoxy groups -OCH3 is 2. The second-order valence-corrected chi connectivity index (χ2v) is 9.00. The van der Waals surface area contributed by atoms with Crippen molar-refractivity contribution in [2.45, 2.75) is 13.0 Å². The van der Waals surface area contributed by atoms with Crippen LogP contribution in [-0.2, 0) is 9.53 Å². The number of nitrogens with zero attached hydrogens (tertiary/aromatic N) is 2. The first-order valence-corrected chi connectivity index (χ1v) is 11.5. The van der Waals surface area contributed by atoms with Gasteiger partial charge in [-0.2, -0.15) is 0 Å². The van der Waals surface area contributed by atoms with Crippen molar-refractivity contribution in [2.24, 2.45) is 0 Å². The number of aromatic nitrogens is 1. The van der Waals surface area contributed by atoms with Gasteiger partial charge in [0.1, 0.15) is 11.4 Å². The zero-order valence-electron chi connectivity index (χ0n) is 18.9. The standard InChI is InChI=1S/C24H27BrN4O4/c1-15-13-28(9-10-29(15)17-5-4-6-18(12-17)32-2)14-21(30)27-22-19-11-16(25)7-8-20(19)26-23(22)24(31)33-3/h4-8,11-12,15,26H,9-10,13-14H2,1-3H3,(H,27,30). The summed E-state index contributed by atoms with van der Waals surface area (Å²) >= 11 is 3.45. The third kappa shape index (κ3) is 4.99. The van der Waals surface area contributed by atoms with E-state index in [0.717, 1.165) is 46.4 Å². The summed E-state index contributed by atoms with van der Waals surface area (Å²) in [6, 6.07) is 13.8. The van der Waals surface area contributed by atoms with Crippen LogP contribution in [0, 0.1) is 0 Å². The number of piperazine rings is 1. The predicted molar refractivity (Wildman–Crippen MR) is 132 cm³/mol. The lowest BCUT2D eigenvalue weighted by atomic mass is 10.1. The molecular formula is C24H27BrN4O4. The number of amides is 1. The molecule has 0 bridgehead atoms. The van der Waals surface area contributed by atoms with Crippen molar-refractivity contribution in [3.05, 3.63) is 52.6 Å². The van der Waals surface area contributed by atoms with Crippen LogP contribution in [0.15, 0.2) is 46.9 Å². The summed E-state index contributed by atoms with van der Waals surface area (Å²) in [5.41, 5.74) is 2.52. The fourth-order valence-electron chi connectivity index (χ4n) is 4.28. The number of rotatable bonds is 6. The Morgan fingerprint density at radius 2 is 2.00 bits per heavy atom. The Bertz CT molecular complexity index is 1180. The molecule has 174 valence electrons. The fourth-order valence-corrected chi connectivity index (χ4v) is 4.64. The van der Waals surface area contributed by atoms with Crippen LogP contribution in [0.3, 0.4) is 0 Å². The molecule has 0 aliphatic carbocycles. The third-order valence-electron chi connectivity index (χ3n) is 5.88. The quantitative estimate of drug-likeness (QED) is 0.485. The zero-order valence-corrected chi connectivity index (χ0v) is 20.4. The summed E-state index contributed by atoms with van der Waals surface area (Å²) in [6.07, 6.45) is 0. The monoisotopic (exact) mass is 514 g/mol. The number of anilines is 2. The van der Waals surface area contributed by atoms with Gasteiger partial charge in [-0.05, 0) is 37.3 Å². The smallest absolute Gasteiger partial charge is 0.356 e. The topological polar surface area (TPSA) is 86.9 Å². The van der Waals surface area contributed by atoms with Crippen LogP contribution in [0.1, 0.15) is 17.4 Å². The van der Waals surface area contributed by atoms with Crippen LogP contribution in [0.4, 0.5) is 11.4 Å². The Morgan fingerprint density at radius 1 is 1.18 bits per heavy atom. The summed E-state index contributed by atoms with van der Waals surface area (Å²) in [4.78, 5) is 32.7. The van der Waals surface area contributed by atoms with Crippen LogP contribution in [0.2, 0.25) is 0 Å². The summed E-state index contributed by atoms with van der Waals surface area (Å²) in [5, 5.41) is 3.68. The van der Waals surface area contributed by atoms with Gasteiger partial charge in [0.25, 0.3) is 0 Å². The number of carbonyl (C=O) groups is 2. The number of H-pyrrole nitrogens is 1. The van der Waals surface area contributed by atoms with Crippen molar-refractivity contribution in [3.8, 4) is 5.75 Å². The molecule has 33 heavy (non-hydrogen) atoms. The van der Waals surface area contributed by atoms with E-state index in [0.29, 0.717) is 5.69 Å². The van der Waals surface area contributed by atoms with Crippen molar-refractivity contribution in [2.75, 3.05) is 50.6 Å². The molecule has 4 rings (SSSR count). The first kappa shape index (κ1) is 23.1. The Labute approximate surface area is 201 Å². The number of esters is 1. The summed E-state index contributed by atoms with van der Waals surface area (Å²) in [6.45, 7) is 4.68. The van der Waals surface area contributed by atoms with E-state index in [1.807, 2.05) is 36.4 Å². The van der Waals surface area contributed by atoms with E-state index in [4.69, 9.17) is 9.47 Å². The van der Waals surface area contributed by atoms with Gasteiger partial charge in [0.15, 0.2) is 0 Å². The Hall–Kier alpha value is -3.04. The van der Waals surface area contributed by atoms with Crippen LogP contribution < -0.4 is 15.0 Å². The summed E-state index contributed by atoms with van der Waals surface area (Å²) < 4.78 is 11.1. The van der Waals surface area contributed by atoms with Gasteiger partial charge in [-0.1, -0.05) is 22.0 Å². The molecule has 1 amide bonds. The molecule has 1 aromatic heterocycles. The fraction of sp³-hybridized carbons (Fsp3) is 0.333. The van der Waals surface area contributed by atoms with Crippen molar-refractivity contribution in [1.29, 1.82) is 0 Å². The molecule has 1 aliphatic rings. The second-order valence-electron chi connectivity index (χ2n) is 8.08. The van der Waals surface area contributed by atoms with E-state index in [1.165, 1.54) is 7.11 Å². The van der Waals surface area contributed by atoms with Crippen LogP contribution in [0.5, 0.6) is 5.75 Å². The highest BCUT2D eigenvalue weighted by Crippen LogP contribution is 2.31. The van der Waals surface area contributed by atoms with E-state index in [-0.39, 0.29) is 24.2 Å². The number of hydrogen-bond donors (Lipinski definition) is 2. The lowest BCUT2D eigenvalue weighted by Crippen LogP contribution is -2.53. The lowest BCUT2D eigenvalue weighted by Gasteiger charge is -2.41. The molecule has 1 atom stereocenters. The number of nitrogens with one attached hydrogen (secondary N) is 2. The van der Waals surface area contributed by atoms with Gasteiger partial charge < -0.3 is 24.7 Å². The van der Waals surface area contributed by atoms with Crippen LogP contribution in [0.25, 0.3) is 10.9 Å². The number of carbonyl (C=O) groups excluding carboxylic acids is 2. The molecule has 2 N–H and O–H groups in total. The Balaban J connectivity index is 1.45. The maximum absolute atomic E-state index is 13.0. The first-order valence-electron chi connectivity index (χ1n) is 10.7. The van der Waals surface area contributed by atoms with Gasteiger partial charge in [-0.3, -0.25) is 9.69 Å². The Morgan fingerprint density at radius 3 is 2.73 bits per heavy atom. The molecule has 1 fully saturated rings. The van der Waals surface area contributed by atoms with Gasteiger partial charge in [-0.25, -0.2) is 4.79 Å². The minimum atomic E-state index is -0.529. The maximum atomic E-state index is 13.0. The minimum absolute atomic E-state index is 0.178. The number of benzene rings is 2. The largest absolute Gasteiger partial charge is 0.497 e. The van der Waals surface area contributed by atoms with Gasteiger partial charge in [0.05, 0.1) is 26.5 Å². The molecule has 3 aromatic rings. The average Bonchev–Trinajstić information content (AvgIpc) is 3.16. The second kappa shape index (κ2) is 9.84. The number of aromatic amines is 1. The van der Waals surface area contributed by atoms with Crippen molar-refractivity contribution < 1.29 is 19.1 Å². The molecule has 1 unspecified atom stereocenters. The molecule has 0 saturated carbocycles. The molecule has 2 heterocycles. The SMILES string of the molecule is COC(=O)c1[nH]c2ccc(Br)cc2c1NC(=O)CN1CCN(c2cccc(OC)c2)C(C)C1. The van der Waals surface area contributed by atoms with E-state index in [1.54, 1.807) is 7.11 Å². The molecule has 1 aliphatic heterocycles. The molecule has 0 radical (unpaired) electrons. The molecule has 9 heteroatoms. The van der Waals surface area contributed by atoms with Crippen molar-refractivity contribution in [3.63, 3.8) is 0 Å². The summed E-state index contributed by atoms with van der Waals surface area (Å²) in [7, 11) is 2.98. The molecular weight excluding hydrogens is 488 g/mol. The van der Waals surface area contributed by atoms with Gasteiger partial charge in [-0.15, -0.1) is 0 Å². The first-order chi connectivity index (χ1) is 15.9. The minimum Gasteiger partial charge on any atom is -0.497 e. The van der Waals surface area contributed by atoms with E-state index in [2.05, 4.69) is 49.0 Å².